The molecule has 0 radical (unpaired) electrons. The number of aromatic nitrogens is 1. The summed E-state index contributed by atoms with van der Waals surface area (Å²) in [6.07, 6.45) is -1.27. The van der Waals surface area contributed by atoms with Gasteiger partial charge in [0.1, 0.15) is 5.82 Å². The summed E-state index contributed by atoms with van der Waals surface area (Å²) in [5, 5.41) is 2.78. The second-order valence-corrected chi connectivity index (χ2v) is 4.35. The van der Waals surface area contributed by atoms with Gasteiger partial charge in [-0.25, -0.2) is 4.39 Å². The van der Waals surface area contributed by atoms with Crippen molar-refractivity contribution in [2.75, 3.05) is 5.32 Å². The van der Waals surface area contributed by atoms with E-state index in [1.807, 2.05) is 6.92 Å². The maximum Gasteiger partial charge on any atom is 0.416 e. The molecule has 0 aliphatic heterocycles. The lowest BCUT2D eigenvalue weighted by molar-refractivity contribution is -0.137. The molecule has 6 heteroatoms. The maximum atomic E-state index is 13.6. The lowest BCUT2D eigenvalue weighted by Crippen LogP contribution is -2.08. The Bertz CT molecular complexity index is 608. The monoisotopic (exact) mass is 284 g/mol. The minimum atomic E-state index is -4.54. The van der Waals surface area contributed by atoms with E-state index in [0.29, 0.717) is 12.6 Å². The van der Waals surface area contributed by atoms with E-state index in [0.717, 1.165) is 23.3 Å². The molecular formula is C14H12F4N2. The third kappa shape index (κ3) is 3.26. The Kier molecular flexibility index (Phi) is 3.92. The summed E-state index contributed by atoms with van der Waals surface area (Å²) in [5.74, 6) is -0.925. The van der Waals surface area contributed by atoms with Gasteiger partial charge in [0, 0.05) is 18.9 Å². The number of halogens is 4. The molecular weight excluding hydrogens is 272 g/mol. The first-order valence-electron chi connectivity index (χ1n) is 5.88. The van der Waals surface area contributed by atoms with Crippen LogP contribution in [0.3, 0.4) is 0 Å². The molecule has 0 amide bonds. The van der Waals surface area contributed by atoms with Gasteiger partial charge in [0.05, 0.1) is 11.3 Å². The zero-order valence-corrected chi connectivity index (χ0v) is 10.6. The molecule has 0 unspecified atom stereocenters. The van der Waals surface area contributed by atoms with Crippen molar-refractivity contribution in [3.8, 4) is 0 Å². The fraction of sp³-hybridized carbons (Fsp3) is 0.214. The molecule has 106 valence electrons. The highest BCUT2D eigenvalue weighted by molar-refractivity contribution is 5.47. The van der Waals surface area contributed by atoms with Crippen LogP contribution in [0.15, 0.2) is 36.7 Å². The summed E-state index contributed by atoms with van der Waals surface area (Å²) in [6, 6.07) is 4.20. The first-order chi connectivity index (χ1) is 9.38. The Labute approximate surface area is 113 Å². The van der Waals surface area contributed by atoms with E-state index in [2.05, 4.69) is 10.3 Å². The van der Waals surface area contributed by atoms with Crippen molar-refractivity contribution in [1.82, 2.24) is 4.98 Å². The summed E-state index contributed by atoms with van der Waals surface area (Å²) >= 11 is 0. The molecule has 1 N–H and O–H groups in total. The molecule has 0 fully saturated rings. The third-order valence-electron chi connectivity index (χ3n) is 2.90. The van der Waals surface area contributed by atoms with Crippen molar-refractivity contribution >= 4 is 5.69 Å². The van der Waals surface area contributed by atoms with Gasteiger partial charge < -0.3 is 5.32 Å². The highest BCUT2D eigenvalue weighted by Crippen LogP contribution is 2.31. The summed E-state index contributed by atoms with van der Waals surface area (Å²) < 4.78 is 50.8. The van der Waals surface area contributed by atoms with Crippen LogP contribution in [0.2, 0.25) is 0 Å². The van der Waals surface area contributed by atoms with E-state index < -0.39 is 17.6 Å². The molecule has 0 spiro atoms. The van der Waals surface area contributed by atoms with Gasteiger partial charge >= 0.3 is 6.18 Å². The van der Waals surface area contributed by atoms with Gasteiger partial charge in [-0.3, -0.25) is 4.98 Å². The first kappa shape index (κ1) is 14.3. The number of nitrogens with zero attached hydrogens (tertiary/aromatic N) is 1. The molecule has 20 heavy (non-hydrogen) atoms. The average molecular weight is 284 g/mol. The number of hydrogen-bond acceptors (Lipinski definition) is 2. The van der Waals surface area contributed by atoms with Crippen LogP contribution in [0.1, 0.15) is 16.7 Å². The molecule has 2 aromatic rings. The topological polar surface area (TPSA) is 24.9 Å². The molecule has 1 heterocycles. The summed E-state index contributed by atoms with van der Waals surface area (Å²) in [4.78, 5) is 3.93. The van der Waals surface area contributed by atoms with Crippen molar-refractivity contribution in [2.24, 2.45) is 0 Å². The summed E-state index contributed by atoms with van der Waals surface area (Å²) in [7, 11) is 0. The normalized spacial score (nSPS) is 11.4. The van der Waals surface area contributed by atoms with Crippen molar-refractivity contribution in [3.63, 3.8) is 0 Å². The number of nitrogens with one attached hydrogen (secondary N) is 1. The van der Waals surface area contributed by atoms with Crippen LogP contribution in [-0.2, 0) is 12.7 Å². The Morgan fingerprint density at radius 3 is 2.55 bits per heavy atom. The summed E-state index contributed by atoms with van der Waals surface area (Å²) in [5.41, 5.74) is 0.862. The zero-order valence-electron chi connectivity index (χ0n) is 10.6. The Morgan fingerprint density at radius 2 is 1.95 bits per heavy atom. The molecule has 2 nitrogen and oxygen atoms in total. The molecule has 0 saturated carbocycles. The highest BCUT2D eigenvalue weighted by atomic mass is 19.4. The van der Waals surface area contributed by atoms with Gasteiger partial charge in [0.25, 0.3) is 0 Å². The zero-order chi connectivity index (χ0) is 14.8. The van der Waals surface area contributed by atoms with E-state index >= 15 is 0 Å². The minimum absolute atomic E-state index is 0.0363. The van der Waals surface area contributed by atoms with Gasteiger partial charge in [-0.1, -0.05) is 0 Å². The fourth-order valence-corrected chi connectivity index (χ4v) is 1.73. The molecule has 0 aliphatic carbocycles. The van der Waals surface area contributed by atoms with Crippen molar-refractivity contribution in [2.45, 2.75) is 19.6 Å². The molecule has 0 aliphatic rings. The highest BCUT2D eigenvalue weighted by Gasteiger charge is 2.31. The van der Waals surface area contributed by atoms with Crippen molar-refractivity contribution in [3.05, 3.63) is 59.2 Å². The summed E-state index contributed by atoms with van der Waals surface area (Å²) in [6.45, 7) is 2.17. The Morgan fingerprint density at radius 1 is 1.20 bits per heavy atom. The largest absolute Gasteiger partial charge is 0.416 e. The van der Waals surface area contributed by atoms with Crippen LogP contribution in [0, 0.1) is 12.7 Å². The van der Waals surface area contributed by atoms with Gasteiger partial charge in [-0.05, 0) is 42.3 Å². The average Bonchev–Trinajstić information content (AvgIpc) is 2.38. The van der Waals surface area contributed by atoms with Gasteiger partial charge in [-0.2, -0.15) is 13.2 Å². The number of anilines is 1. The maximum absolute atomic E-state index is 13.6. The van der Waals surface area contributed by atoms with E-state index in [1.54, 1.807) is 18.5 Å². The number of aryl methyl sites for hydroxylation is 1. The van der Waals surface area contributed by atoms with Crippen LogP contribution in [-0.4, -0.2) is 4.98 Å². The Hall–Kier alpha value is -2.11. The van der Waals surface area contributed by atoms with Crippen LogP contribution < -0.4 is 5.32 Å². The number of rotatable bonds is 3. The number of benzene rings is 1. The van der Waals surface area contributed by atoms with Crippen LogP contribution in [0.5, 0.6) is 0 Å². The molecule has 2 rings (SSSR count). The van der Waals surface area contributed by atoms with E-state index in [9.17, 15) is 17.6 Å². The van der Waals surface area contributed by atoms with E-state index in [1.165, 1.54) is 0 Å². The smallest absolute Gasteiger partial charge is 0.379 e. The fourth-order valence-electron chi connectivity index (χ4n) is 1.73. The lowest BCUT2D eigenvalue weighted by Gasteiger charge is -2.12. The SMILES string of the molecule is Cc1cnccc1CNc1ccc(C(F)(F)F)cc1F. The van der Waals surface area contributed by atoms with Crippen LogP contribution in [0.4, 0.5) is 23.2 Å². The first-order valence-corrected chi connectivity index (χ1v) is 5.88. The minimum Gasteiger partial charge on any atom is -0.379 e. The van der Waals surface area contributed by atoms with Crippen molar-refractivity contribution in [1.29, 1.82) is 0 Å². The number of alkyl halides is 3. The Balaban J connectivity index is 2.13. The van der Waals surface area contributed by atoms with Gasteiger partial charge in [0.15, 0.2) is 0 Å². The quantitative estimate of drug-likeness (QED) is 0.856. The second kappa shape index (κ2) is 5.48. The second-order valence-electron chi connectivity index (χ2n) is 4.35. The van der Waals surface area contributed by atoms with Gasteiger partial charge in [-0.15, -0.1) is 0 Å². The molecule has 1 aromatic carbocycles. The number of hydrogen-bond donors (Lipinski definition) is 1. The van der Waals surface area contributed by atoms with Crippen LogP contribution in [0.25, 0.3) is 0 Å². The predicted octanol–water partition coefficient (Wildman–Crippen LogP) is 4.16. The standard InChI is InChI=1S/C14H12F4N2/c1-9-7-19-5-4-10(9)8-20-13-3-2-11(6-12(13)15)14(16,17)18/h2-7,20H,8H2,1H3. The lowest BCUT2D eigenvalue weighted by atomic mass is 10.1. The molecule has 0 bridgehead atoms. The molecule has 0 saturated heterocycles. The molecule has 0 atom stereocenters. The van der Waals surface area contributed by atoms with E-state index in [-0.39, 0.29) is 5.69 Å². The van der Waals surface area contributed by atoms with Gasteiger partial charge in [0.2, 0.25) is 0 Å². The van der Waals surface area contributed by atoms with Crippen LogP contribution >= 0.6 is 0 Å². The third-order valence-corrected chi connectivity index (χ3v) is 2.90. The predicted molar refractivity (Wildman–Crippen MR) is 67.7 cm³/mol. The van der Waals surface area contributed by atoms with Crippen molar-refractivity contribution < 1.29 is 17.6 Å². The van der Waals surface area contributed by atoms with E-state index in [4.69, 9.17) is 0 Å². The number of pyridine rings is 1. The molecule has 1 aromatic heterocycles.